The number of aromatic hydroxyl groups is 1. The minimum absolute atomic E-state index is 0.149. The highest BCUT2D eigenvalue weighted by Gasteiger charge is 2.33. The number of halogens is 3. The van der Waals surface area contributed by atoms with E-state index in [1.807, 2.05) is 0 Å². The van der Waals surface area contributed by atoms with Gasteiger partial charge in [0, 0.05) is 12.4 Å². The standard InChI is InChI=1S/C13H10F3NO5/c1-17-9-6(4-3-5-7(9)22-13(14,15)16)10(18)8(11(17)19)12(20)21-2/h3-5,18H,1-2H3. The summed E-state index contributed by atoms with van der Waals surface area (Å²) in [5.41, 5.74) is -1.97. The first-order valence-electron chi connectivity index (χ1n) is 5.86. The second-order valence-electron chi connectivity index (χ2n) is 4.28. The van der Waals surface area contributed by atoms with Crippen LogP contribution in [0.15, 0.2) is 23.0 Å². The van der Waals surface area contributed by atoms with Crippen LogP contribution in [0.5, 0.6) is 11.5 Å². The van der Waals surface area contributed by atoms with Crippen LogP contribution in [0.25, 0.3) is 10.9 Å². The summed E-state index contributed by atoms with van der Waals surface area (Å²) >= 11 is 0. The molecule has 22 heavy (non-hydrogen) atoms. The summed E-state index contributed by atoms with van der Waals surface area (Å²) in [6, 6.07) is 3.43. The van der Waals surface area contributed by atoms with Crippen LogP contribution in [0, 0.1) is 0 Å². The molecular weight excluding hydrogens is 307 g/mol. The normalized spacial score (nSPS) is 11.5. The van der Waals surface area contributed by atoms with Gasteiger partial charge in [0.15, 0.2) is 11.3 Å². The summed E-state index contributed by atoms with van der Waals surface area (Å²) in [6.07, 6.45) is -4.97. The molecular formula is C13H10F3NO5. The molecule has 0 unspecified atom stereocenters. The van der Waals surface area contributed by atoms with Crippen LogP contribution in [0.3, 0.4) is 0 Å². The largest absolute Gasteiger partial charge is 0.573 e. The first-order valence-corrected chi connectivity index (χ1v) is 5.86. The fourth-order valence-electron chi connectivity index (χ4n) is 2.06. The second kappa shape index (κ2) is 5.24. The number of nitrogens with zero attached hydrogens (tertiary/aromatic N) is 1. The first kappa shape index (κ1) is 15.7. The average molecular weight is 317 g/mol. The topological polar surface area (TPSA) is 77.8 Å². The van der Waals surface area contributed by atoms with Gasteiger partial charge in [0.2, 0.25) is 0 Å². The van der Waals surface area contributed by atoms with E-state index in [0.29, 0.717) is 0 Å². The van der Waals surface area contributed by atoms with E-state index in [2.05, 4.69) is 9.47 Å². The van der Waals surface area contributed by atoms with Crippen molar-refractivity contribution in [1.82, 2.24) is 4.57 Å². The number of ether oxygens (including phenoxy) is 2. The van der Waals surface area contributed by atoms with Crippen molar-refractivity contribution in [3.63, 3.8) is 0 Å². The number of para-hydroxylation sites is 1. The van der Waals surface area contributed by atoms with Crippen LogP contribution >= 0.6 is 0 Å². The van der Waals surface area contributed by atoms with Gasteiger partial charge in [0.1, 0.15) is 5.75 Å². The molecule has 1 heterocycles. The van der Waals surface area contributed by atoms with E-state index < -0.39 is 35.0 Å². The number of carbonyl (C=O) groups excluding carboxylic acids is 1. The van der Waals surface area contributed by atoms with E-state index in [9.17, 15) is 27.9 Å². The van der Waals surface area contributed by atoms with Crippen LogP contribution in [0.2, 0.25) is 0 Å². The molecule has 2 aromatic rings. The Morgan fingerprint density at radius 3 is 2.50 bits per heavy atom. The van der Waals surface area contributed by atoms with E-state index >= 15 is 0 Å². The van der Waals surface area contributed by atoms with Gasteiger partial charge in [0.25, 0.3) is 5.56 Å². The van der Waals surface area contributed by atoms with Crippen molar-refractivity contribution >= 4 is 16.9 Å². The number of carbonyl (C=O) groups is 1. The van der Waals surface area contributed by atoms with Crippen molar-refractivity contribution in [2.45, 2.75) is 6.36 Å². The number of pyridine rings is 1. The maximum Gasteiger partial charge on any atom is 0.573 e. The Morgan fingerprint density at radius 2 is 1.95 bits per heavy atom. The molecule has 2 rings (SSSR count). The number of hydrogen-bond donors (Lipinski definition) is 1. The molecule has 0 aliphatic rings. The summed E-state index contributed by atoms with van der Waals surface area (Å²) in [6.45, 7) is 0. The van der Waals surface area contributed by atoms with Crippen molar-refractivity contribution in [2.75, 3.05) is 7.11 Å². The zero-order chi connectivity index (χ0) is 16.7. The van der Waals surface area contributed by atoms with E-state index in [4.69, 9.17) is 0 Å². The SMILES string of the molecule is COC(=O)c1c(O)c2cccc(OC(F)(F)F)c2n(C)c1=O. The van der Waals surface area contributed by atoms with Crippen LogP contribution in [-0.2, 0) is 11.8 Å². The molecule has 0 aliphatic carbocycles. The highest BCUT2D eigenvalue weighted by molar-refractivity contribution is 6.00. The number of fused-ring (bicyclic) bond motifs is 1. The third-order valence-corrected chi connectivity index (χ3v) is 2.96. The van der Waals surface area contributed by atoms with Gasteiger partial charge in [0.05, 0.1) is 12.6 Å². The summed E-state index contributed by atoms with van der Waals surface area (Å²) < 4.78 is 46.3. The fourth-order valence-corrected chi connectivity index (χ4v) is 2.06. The van der Waals surface area contributed by atoms with Crippen LogP contribution in [-0.4, -0.2) is 29.1 Å². The summed E-state index contributed by atoms with van der Waals surface area (Å²) in [7, 11) is 2.16. The van der Waals surface area contributed by atoms with Gasteiger partial charge >= 0.3 is 12.3 Å². The number of aryl methyl sites for hydroxylation is 1. The monoisotopic (exact) mass is 317 g/mol. The van der Waals surface area contributed by atoms with Gasteiger partial charge in [-0.15, -0.1) is 13.2 Å². The number of aromatic nitrogens is 1. The summed E-state index contributed by atoms with van der Waals surface area (Å²) in [5.74, 6) is -2.53. The molecule has 0 aliphatic heterocycles. The van der Waals surface area contributed by atoms with Crippen LogP contribution in [0.4, 0.5) is 13.2 Å². The second-order valence-corrected chi connectivity index (χ2v) is 4.28. The van der Waals surface area contributed by atoms with Crippen LogP contribution in [0.1, 0.15) is 10.4 Å². The Labute approximate surface area is 121 Å². The zero-order valence-electron chi connectivity index (χ0n) is 11.4. The van der Waals surface area contributed by atoms with Crippen molar-refractivity contribution in [1.29, 1.82) is 0 Å². The van der Waals surface area contributed by atoms with Crippen molar-refractivity contribution < 1.29 is 32.5 Å². The van der Waals surface area contributed by atoms with E-state index in [1.54, 1.807) is 0 Å². The molecule has 1 N–H and O–H groups in total. The lowest BCUT2D eigenvalue weighted by Crippen LogP contribution is -2.26. The summed E-state index contributed by atoms with van der Waals surface area (Å²) in [4.78, 5) is 23.6. The molecule has 6 nitrogen and oxygen atoms in total. The Balaban J connectivity index is 2.87. The van der Waals surface area contributed by atoms with Crippen molar-refractivity contribution in [3.8, 4) is 11.5 Å². The van der Waals surface area contributed by atoms with Gasteiger partial charge in [-0.1, -0.05) is 6.07 Å². The van der Waals surface area contributed by atoms with E-state index in [1.165, 1.54) is 12.1 Å². The highest BCUT2D eigenvalue weighted by atomic mass is 19.4. The number of hydrogen-bond acceptors (Lipinski definition) is 5. The quantitative estimate of drug-likeness (QED) is 0.856. The molecule has 0 fully saturated rings. The Morgan fingerprint density at radius 1 is 1.32 bits per heavy atom. The number of rotatable bonds is 2. The average Bonchev–Trinajstić information content (AvgIpc) is 2.43. The first-order chi connectivity index (χ1) is 10.2. The van der Waals surface area contributed by atoms with E-state index in [-0.39, 0.29) is 10.9 Å². The molecule has 0 atom stereocenters. The van der Waals surface area contributed by atoms with E-state index in [0.717, 1.165) is 24.8 Å². The lowest BCUT2D eigenvalue weighted by molar-refractivity contribution is -0.274. The number of esters is 1. The maximum atomic E-state index is 12.4. The predicted molar refractivity (Wildman–Crippen MR) is 68.9 cm³/mol. The molecule has 0 spiro atoms. The lowest BCUT2D eigenvalue weighted by Gasteiger charge is -2.15. The van der Waals surface area contributed by atoms with Gasteiger partial charge in [-0.2, -0.15) is 0 Å². The van der Waals surface area contributed by atoms with Gasteiger partial charge < -0.3 is 19.1 Å². The van der Waals surface area contributed by atoms with Crippen molar-refractivity contribution in [3.05, 3.63) is 34.1 Å². The van der Waals surface area contributed by atoms with Crippen molar-refractivity contribution in [2.24, 2.45) is 7.05 Å². The predicted octanol–water partition coefficient (Wildman–Crippen LogP) is 1.93. The third kappa shape index (κ3) is 2.57. The molecule has 0 amide bonds. The van der Waals surface area contributed by atoms with Crippen LogP contribution < -0.4 is 10.3 Å². The minimum atomic E-state index is -4.97. The molecule has 9 heteroatoms. The molecule has 0 saturated carbocycles. The maximum absolute atomic E-state index is 12.4. The Kier molecular flexibility index (Phi) is 3.74. The molecule has 1 aromatic carbocycles. The molecule has 0 bridgehead atoms. The number of methoxy groups -OCH3 is 1. The molecule has 0 radical (unpaired) electrons. The Hall–Kier alpha value is -2.71. The van der Waals surface area contributed by atoms with Gasteiger partial charge in [-0.3, -0.25) is 4.79 Å². The molecule has 118 valence electrons. The highest BCUT2D eigenvalue weighted by Crippen LogP contribution is 2.34. The number of alkyl halides is 3. The number of benzene rings is 1. The Bertz CT molecular complexity index is 810. The fraction of sp³-hybridized carbons (Fsp3) is 0.231. The molecule has 0 saturated heterocycles. The summed E-state index contributed by atoms with van der Waals surface area (Å²) in [5, 5.41) is 9.88. The van der Waals surface area contributed by atoms with Gasteiger partial charge in [-0.05, 0) is 12.1 Å². The minimum Gasteiger partial charge on any atom is -0.506 e. The lowest BCUT2D eigenvalue weighted by atomic mass is 10.1. The molecule has 1 aromatic heterocycles. The van der Waals surface area contributed by atoms with Gasteiger partial charge in [-0.25, -0.2) is 4.79 Å². The smallest absolute Gasteiger partial charge is 0.506 e. The zero-order valence-corrected chi connectivity index (χ0v) is 11.4. The third-order valence-electron chi connectivity index (χ3n) is 2.96.